The Balaban J connectivity index is 1.86. The Hall–Kier alpha value is -3.19. The number of aryl methyl sites for hydroxylation is 3. The molecule has 1 amide bonds. The summed E-state index contributed by atoms with van der Waals surface area (Å²) in [5, 5.41) is 0. The number of fused-ring (bicyclic) bond motifs is 2. The molecule has 1 fully saturated rings. The average Bonchev–Trinajstić information content (AvgIpc) is 3.18. The molecular weight excluding hydrogens is 440 g/mol. The number of nitrogens with two attached hydrogens (primary N) is 2. The molecule has 0 saturated heterocycles. The first-order valence-corrected chi connectivity index (χ1v) is 12.7. The fraction of sp³-hybridized carbons (Fsp3) is 0.464. The molecule has 184 valence electrons. The van der Waals surface area contributed by atoms with E-state index in [9.17, 15) is 9.59 Å². The second kappa shape index (κ2) is 9.11. The Kier molecular flexibility index (Phi) is 6.13. The molecule has 3 aromatic rings. The van der Waals surface area contributed by atoms with Gasteiger partial charge in [0.2, 0.25) is 5.91 Å². The van der Waals surface area contributed by atoms with Gasteiger partial charge in [0.05, 0.1) is 11.5 Å². The maximum atomic E-state index is 12.7. The molecule has 5 rings (SSSR count). The normalized spacial score (nSPS) is 21.1. The Labute approximate surface area is 205 Å². The van der Waals surface area contributed by atoms with Gasteiger partial charge in [-0.05, 0) is 80.3 Å². The molecule has 7 heteroatoms. The summed E-state index contributed by atoms with van der Waals surface area (Å²) in [6.45, 7) is 4.08. The summed E-state index contributed by atoms with van der Waals surface area (Å²) in [4.78, 5) is 29.3. The van der Waals surface area contributed by atoms with Crippen LogP contribution in [0.1, 0.15) is 95.5 Å². The van der Waals surface area contributed by atoms with Gasteiger partial charge in [0, 0.05) is 11.6 Å². The lowest BCUT2D eigenvalue weighted by Gasteiger charge is -2.38. The zero-order chi connectivity index (χ0) is 24.7. The molecule has 0 bridgehead atoms. The van der Waals surface area contributed by atoms with Gasteiger partial charge in [-0.25, -0.2) is 4.79 Å². The maximum absolute atomic E-state index is 12.7. The van der Waals surface area contributed by atoms with Crippen LogP contribution in [0.15, 0.2) is 45.7 Å². The first-order valence-electron chi connectivity index (χ1n) is 12.7. The third-order valence-corrected chi connectivity index (χ3v) is 7.73. The molecule has 7 nitrogen and oxygen atoms in total. The van der Waals surface area contributed by atoms with Crippen LogP contribution in [0.25, 0.3) is 0 Å². The summed E-state index contributed by atoms with van der Waals surface area (Å²) in [5.41, 5.74) is 17.4. The van der Waals surface area contributed by atoms with E-state index >= 15 is 0 Å². The van der Waals surface area contributed by atoms with E-state index in [1.54, 1.807) is 10.8 Å². The van der Waals surface area contributed by atoms with Gasteiger partial charge in [-0.15, -0.1) is 0 Å². The van der Waals surface area contributed by atoms with E-state index < -0.39 is 17.1 Å². The van der Waals surface area contributed by atoms with Gasteiger partial charge in [0.25, 0.3) is 0 Å². The Morgan fingerprint density at radius 3 is 2.43 bits per heavy atom. The highest BCUT2D eigenvalue weighted by Crippen LogP contribution is 2.48. The number of aromatic nitrogens is 2. The predicted molar refractivity (Wildman–Crippen MR) is 135 cm³/mol. The first kappa shape index (κ1) is 23.5. The van der Waals surface area contributed by atoms with Crippen molar-refractivity contribution in [1.29, 1.82) is 0 Å². The number of benzene rings is 2. The van der Waals surface area contributed by atoms with Crippen LogP contribution in [0.4, 0.5) is 0 Å². The monoisotopic (exact) mass is 474 g/mol. The van der Waals surface area contributed by atoms with Crippen molar-refractivity contribution in [3.8, 4) is 0 Å². The quantitative estimate of drug-likeness (QED) is 0.581. The highest BCUT2D eigenvalue weighted by Gasteiger charge is 2.47. The predicted octanol–water partition coefficient (Wildman–Crippen LogP) is 3.92. The highest BCUT2D eigenvalue weighted by atomic mass is 16.5. The van der Waals surface area contributed by atoms with Crippen molar-refractivity contribution in [1.82, 2.24) is 9.72 Å². The standard InChI is InChI=1S/C28H34N4O3/c1-17-8-12-23-19(14-17)9-10-20-15-21(25(30)33)11-13-24(20)28(23,16-18(2)29)26-31-27(34)35-32(26)22-6-4-3-5-7-22/h8,11-15,18,22H,3-7,9-10,16,29H2,1-2H3,(H2,30,33)/t18-,28?/m0/s1. The minimum absolute atomic E-state index is 0.0874. The molecule has 2 aliphatic rings. The number of carbonyl (C=O) groups is 1. The van der Waals surface area contributed by atoms with Crippen molar-refractivity contribution in [2.24, 2.45) is 11.5 Å². The molecule has 1 saturated carbocycles. The van der Waals surface area contributed by atoms with E-state index in [0.29, 0.717) is 17.8 Å². The summed E-state index contributed by atoms with van der Waals surface area (Å²) in [6, 6.07) is 12.1. The van der Waals surface area contributed by atoms with Gasteiger partial charge in [-0.2, -0.15) is 9.72 Å². The van der Waals surface area contributed by atoms with E-state index in [4.69, 9.17) is 16.0 Å². The fourth-order valence-electron chi connectivity index (χ4n) is 6.30. The number of hydrogen-bond donors (Lipinski definition) is 2. The van der Waals surface area contributed by atoms with Gasteiger partial charge in [-0.1, -0.05) is 49.1 Å². The van der Waals surface area contributed by atoms with E-state index in [2.05, 4.69) is 30.1 Å². The lowest BCUT2D eigenvalue weighted by atomic mass is 9.67. The third kappa shape index (κ3) is 4.12. The van der Waals surface area contributed by atoms with Crippen LogP contribution in [-0.2, 0) is 18.3 Å². The summed E-state index contributed by atoms with van der Waals surface area (Å²) in [5.74, 6) is -0.418. The third-order valence-electron chi connectivity index (χ3n) is 7.73. The zero-order valence-corrected chi connectivity index (χ0v) is 20.5. The second-order valence-electron chi connectivity index (χ2n) is 10.4. The summed E-state index contributed by atoms with van der Waals surface area (Å²) in [7, 11) is 0. The molecule has 2 aromatic carbocycles. The Morgan fingerprint density at radius 1 is 1.11 bits per heavy atom. The number of rotatable bonds is 5. The van der Waals surface area contributed by atoms with Crippen LogP contribution in [-0.4, -0.2) is 21.7 Å². The molecule has 35 heavy (non-hydrogen) atoms. The fourth-order valence-corrected chi connectivity index (χ4v) is 6.30. The molecular formula is C28H34N4O3. The molecule has 4 N–H and O–H groups in total. The number of primary amides is 1. The van der Waals surface area contributed by atoms with Crippen LogP contribution in [0, 0.1) is 6.92 Å². The van der Waals surface area contributed by atoms with Gasteiger partial charge in [0.15, 0.2) is 5.82 Å². The molecule has 1 heterocycles. The smallest absolute Gasteiger partial charge is 0.366 e. The van der Waals surface area contributed by atoms with E-state index in [0.717, 1.165) is 55.2 Å². The summed E-state index contributed by atoms with van der Waals surface area (Å²) < 4.78 is 7.60. The Morgan fingerprint density at radius 2 is 1.77 bits per heavy atom. The van der Waals surface area contributed by atoms with Crippen LogP contribution >= 0.6 is 0 Å². The van der Waals surface area contributed by atoms with Crippen molar-refractivity contribution in [2.75, 3.05) is 0 Å². The van der Waals surface area contributed by atoms with Crippen molar-refractivity contribution < 1.29 is 9.32 Å². The number of nitrogens with zero attached hydrogens (tertiary/aromatic N) is 2. The molecule has 1 aromatic heterocycles. The van der Waals surface area contributed by atoms with Crippen LogP contribution < -0.4 is 17.2 Å². The number of carbonyl (C=O) groups excluding carboxylic acids is 1. The SMILES string of the molecule is Cc1ccc2c(c1)CCc1cc(C(N)=O)ccc1C2(C[C@H](C)N)c1nc(=O)on1C1CCCCC1. The second-order valence-corrected chi connectivity index (χ2v) is 10.4. The van der Waals surface area contributed by atoms with E-state index in [-0.39, 0.29) is 12.1 Å². The van der Waals surface area contributed by atoms with Crippen LogP contribution in [0.3, 0.4) is 0 Å². The number of hydrogen-bond acceptors (Lipinski definition) is 5. The van der Waals surface area contributed by atoms with Crippen molar-refractivity contribution in [2.45, 2.75) is 82.7 Å². The van der Waals surface area contributed by atoms with Gasteiger partial charge in [-0.3, -0.25) is 4.79 Å². The first-order chi connectivity index (χ1) is 16.8. The molecule has 0 aliphatic heterocycles. The topological polar surface area (TPSA) is 117 Å². The van der Waals surface area contributed by atoms with Crippen molar-refractivity contribution >= 4 is 5.91 Å². The lowest BCUT2D eigenvalue weighted by Crippen LogP contribution is -2.40. The van der Waals surface area contributed by atoms with Crippen molar-refractivity contribution in [3.63, 3.8) is 0 Å². The maximum Gasteiger partial charge on any atom is 0.459 e. The van der Waals surface area contributed by atoms with Crippen LogP contribution in [0.5, 0.6) is 0 Å². The van der Waals surface area contributed by atoms with Crippen molar-refractivity contribution in [3.05, 3.63) is 86.2 Å². The average molecular weight is 475 g/mol. The number of amides is 1. The largest absolute Gasteiger partial charge is 0.459 e. The Bertz CT molecular complexity index is 1320. The molecule has 1 unspecified atom stereocenters. The van der Waals surface area contributed by atoms with E-state index in [1.807, 2.05) is 19.1 Å². The molecule has 0 spiro atoms. The summed E-state index contributed by atoms with van der Waals surface area (Å²) >= 11 is 0. The molecule has 2 atom stereocenters. The minimum Gasteiger partial charge on any atom is -0.366 e. The van der Waals surface area contributed by atoms with Gasteiger partial charge >= 0.3 is 5.76 Å². The van der Waals surface area contributed by atoms with Crippen LogP contribution in [0.2, 0.25) is 0 Å². The minimum atomic E-state index is -0.789. The zero-order valence-electron chi connectivity index (χ0n) is 20.5. The summed E-state index contributed by atoms with van der Waals surface area (Å²) in [6.07, 6.45) is 7.39. The van der Waals surface area contributed by atoms with Gasteiger partial charge in [0.1, 0.15) is 0 Å². The molecule has 2 aliphatic carbocycles. The highest BCUT2D eigenvalue weighted by molar-refractivity contribution is 5.93. The van der Waals surface area contributed by atoms with Gasteiger partial charge < -0.3 is 16.0 Å². The molecule has 0 radical (unpaired) electrons. The van der Waals surface area contributed by atoms with E-state index in [1.165, 1.54) is 17.5 Å². The lowest BCUT2D eigenvalue weighted by molar-refractivity contribution is 0.1000.